The molecule has 1 saturated heterocycles. The Morgan fingerprint density at radius 3 is 2.55 bits per heavy atom. The SMILES string of the molecule is CC(C)Sc1ccccc1C(=O)Nc1ccc(F)c(S(=O)(=O)N2CCOCC2)c1. The van der Waals surface area contributed by atoms with Crippen LogP contribution >= 0.6 is 11.8 Å². The number of rotatable bonds is 6. The molecule has 0 radical (unpaired) electrons. The largest absolute Gasteiger partial charge is 0.379 e. The fourth-order valence-electron chi connectivity index (χ4n) is 2.91. The van der Waals surface area contributed by atoms with Crippen molar-refractivity contribution in [3.8, 4) is 0 Å². The molecule has 1 aliphatic heterocycles. The number of hydrogen-bond donors (Lipinski definition) is 1. The van der Waals surface area contributed by atoms with Gasteiger partial charge in [0.25, 0.3) is 5.91 Å². The Morgan fingerprint density at radius 1 is 1.17 bits per heavy atom. The number of morpholine rings is 1. The first-order valence-corrected chi connectivity index (χ1v) is 11.6. The summed E-state index contributed by atoms with van der Waals surface area (Å²) in [6.45, 7) is 4.92. The molecule has 9 heteroatoms. The summed E-state index contributed by atoms with van der Waals surface area (Å²) in [4.78, 5) is 13.1. The van der Waals surface area contributed by atoms with Gasteiger partial charge in [0.15, 0.2) is 0 Å². The van der Waals surface area contributed by atoms with Crippen LogP contribution in [0.3, 0.4) is 0 Å². The minimum absolute atomic E-state index is 0.165. The van der Waals surface area contributed by atoms with E-state index in [1.807, 2.05) is 26.0 Å². The number of benzene rings is 2. The molecule has 0 bridgehead atoms. The minimum atomic E-state index is -4.02. The fourth-order valence-corrected chi connectivity index (χ4v) is 5.37. The van der Waals surface area contributed by atoms with Gasteiger partial charge < -0.3 is 10.1 Å². The number of sulfonamides is 1. The molecule has 0 saturated carbocycles. The highest BCUT2D eigenvalue weighted by Gasteiger charge is 2.29. The molecule has 0 atom stereocenters. The van der Waals surface area contributed by atoms with Crippen molar-refractivity contribution >= 4 is 33.4 Å². The van der Waals surface area contributed by atoms with Crippen molar-refractivity contribution < 1.29 is 22.3 Å². The molecule has 1 fully saturated rings. The van der Waals surface area contributed by atoms with Crippen LogP contribution in [0, 0.1) is 5.82 Å². The van der Waals surface area contributed by atoms with E-state index in [0.29, 0.717) is 10.8 Å². The number of carbonyl (C=O) groups is 1. The summed E-state index contributed by atoms with van der Waals surface area (Å²) in [7, 11) is -4.02. The second-order valence-electron chi connectivity index (χ2n) is 6.78. The summed E-state index contributed by atoms with van der Waals surface area (Å²) >= 11 is 1.56. The van der Waals surface area contributed by atoms with Crippen LogP contribution in [0.15, 0.2) is 52.3 Å². The van der Waals surface area contributed by atoms with Crippen LogP contribution < -0.4 is 5.32 Å². The van der Waals surface area contributed by atoms with E-state index in [4.69, 9.17) is 4.74 Å². The summed E-state index contributed by atoms with van der Waals surface area (Å²) in [5.41, 5.74) is 0.695. The van der Waals surface area contributed by atoms with Gasteiger partial charge in [0.1, 0.15) is 10.7 Å². The van der Waals surface area contributed by atoms with Gasteiger partial charge in [-0.25, -0.2) is 12.8 Å². The molecular formula is C20H23FN2O4S2. The van der Waals surface area contributed by atoms with E-state index in [-0.39, 0.29) is 37.9 Å². The van der Waals surface area contributed by atoms with Gasteiger partial charge >= 0.3 is 0 Å². The third kappa shape index (κ3) is 5.16. The first-order chi connectivity index (χ1) is 13.8. The zero-order chi connectivity index (χ0) is 21.0. The number of ether oxygens (including phenoxy) is 1. The van der Waals surface area contributed by atoms with Crippen molar-refractivity contribution in [2.45, 2.75) is 28.9 Å². The molecule has 0 unspecified atom stereocenters. The van der Waals surface area contributed by atoms with Crippen molar-refractivity contribution in [2.24, 2.45) is 0 Å². The molecule has 29 heavy (non-hydrogen) atoms. The Morgan fingerprint density at radius 2 is 1.86 bits per heavy atom. The number of carbonyl (C=O) groups excluding carboxylic acids is 1. The smallest absolute Gasteiger partial charge is 0.256 e. The highest BCUT2D eigenvalue weighted by Crippen LogP contribution is 2.28. The lowest BCUT2D eigenvalue weighted by atomic mass is 10.2. The average Bonchev–Trinajstić information content (AvgIpc) is 2.70. The summed E-state index contributed by atoms with van der Waals surface area (Å²) < 4.78 is 46.3. The van der Waals surface area contributed by atoms with Crippen molar-refractivity contribution in [2.75, 3.05) is 31.6 Å². The van der Waals surface area contributed by atoms with Gasteiger partial charge in [-0.05, 0) is 30.3 Å². The summed E-state index contributed by atoms with van der Waals surface area (Å²) in [6.07, 6.45) is 0. The van der Waals surface area contributed by atoms with E-state index in [2.05, 4.69) is 5.32 Å². The molecule has 156 valence electrons. The Bertz CT molecular complexity index is 990. The molecule has 2 aromatic carbocycles. The maximum Gasteiger partial charge on any atom is 0.256 e. The molecule has 1 aliphatic rings. The average molecular weight is 439 g/mol. The molecule has 0 aliphatic carbocycles. The minimum Gasteiger partial charge on any atom is -0.379 e. The summed E-state index contributed by atoms with van der Waals surface area (Å²) in [6, 6.07) is 10.7. The molecule has 0 spiro atoms. The van der Waals surface area contributed by atoms with E-state index in [0.717, 1.165) is 17.0 Å². The molecule has 0 aromatic heterocycles. The molecular weight excluding hydrogens is 415 g/mol. The normalized spacial score (nSPS) is 15.4. The molecule has 3 rings (SSSR count). The van der Waals surface area contributed by atoms with Gasteiger partial charge in [-0.2, -0.15) is 4.31 Å². The molecule has 6 nitrogen and oxygen atoms in total. The van der Waals surface area contributed by atoms with Crippen molar-refractivity contribution in [1.82, 2.24) is 4.31 Å². The summed E-state index contributed by atoms with van der Waals surface area (Å²) in [5.74, 6) is -1.24. The number of nitrogens with zero attached hydrogens (tertiary/aromatic N) is 1. The van der Waals surface area contributed by atoms with Gasteiger partial charge in [-0.15, -0.1) is 11.8 Å². The number of nitrogens with one attached hydrogen (secondary N) is 1. The molecule has 1 heterocycles. The zero-order valence-electron chi connectivity index (χ0n) is 16.2. The van der Waals surface area contributed by atoms with Crippen LogP contribution in [-0.4, -0.2) is 50.2 Å². The topological polar surface area (TPSA) is 75.7 Å². The van der Waals surface area contributed by atoms with Crippen LogP contribution in [0.2, 0.25) is 0 Å². The molecule has 1 N–H and O–H groups in total. The van der Waals surface area contributed by atoms with Crippen LogP contribution in [-0.2, 0) is 14.8 Å². The number of thioether (sulfide) groups is 1. The Kier molecular flexibility index (Phi) is 6.94. The number of hydrogen-bond acceptors (Lipinski definition) is 5. The van der Waals surface area contributed by atoms with Gasteiger partial charge in [-0.1, -0.05) is 26.0 Å². The molecule has 1 amide bonds. The highest BCUT2D eigenvalue weighted by atomic mass is 32.2. The van der Waals surface area contributed by atoms with Crippen LogP contribution in [0.4, 0.5) is 10.1 Å². The van der Waals surface area contributed by atoms with Gasteiger partial charge in [-0.3, -0.25) is 4.79 Å². The lowest BCUT2D eigenvalue weighted by Crippen LogP contribution is -2.40. The van der Waals surface area contributed by atoms with E-state index >= 15 is 0 Å². The van der Waals surface area contributed by atoms with E-state index in [1.54, 1.807) is 23.9 Å². The quantitative estimate of drug-likeness (QED) is 0.698. The van der Waals surface area contributed by atoms with Crippen LogP contribution in [0.1, 0.15) is 24.2 Å². The first-order valence-electron chi connectivity index (χ1n) is 9.23. The number of anilines is 1. The van der Waals surface area contributed by atoms with E-state index in [9.17, 15) is 17.6 Å². The van der Waals surface area contributed by atoms with Gasteiger partial charge in [0.2, 0.25) is 10.0 Å². The second kappa shape index (κ2) is 9.25. The van der Waals surface area contributed by atoms with Crippen LogP contribution in [0.5, 0.6) is 0 Å². The van der Waals surface area contributed by atoms with Crippen molar-refractivity contribution in [3.05, 3.63) is 53.8 Å². The predicted octanol–water partition coefficient (Wildman–Crippen LogP) is 3.60. The Labute approximate surface area is 174 Å². The third-order valence-corrected chi connectivity index (χ3v) is 7.27. The molecule has 2 aromatic rings. The van der Waals surface area contributed by atoms with E-state index < -0.39 is 20.7 Å². The van der Waals surface area contributed by atoms with Crippen LogP contribution in [0.25, 0.3) is 0 Å². The number of halogens is 1. The van der Waals surface area contributed by atoms with E-state index in [1.165, 1.54) is 10.4 Å². The van der Waals surface area contributed by atoms with Crippen molar-refractivity contribution in [3.63, 3.8) is 0 Å². The first kappa shape index (κ1) is 21.8. The van der Waals surface area contributed by atoms with Crippen molar-refractivity contribution in [1.29, 1.82) is 0 Å². The number of amides is 1. The van der Waals surface area contributed by atoms with Gasteiger partial charge in [0, 0.05) is 28.9 Å². The maximum absolute atomic E-state index is 14.3. The van der Waals surface area contributed by atoms with Gasteiger partial charge in [0.05, 0.1) is 18.8 Å². The summed E-state index contributed by atoms with van der Waals surface area (Å²) in [5, 5.41) is 2.98. The fraction of sp³-hybridized carbons (Fsp3) is 0.350. The lowest BCUT2D eigenvalue weighted by Gasteiger charge is -2.26. The maximum atomic E-state index is 14.3. The highest BCUT2D eigenvalue weighted by molar-refractivity contribution is 8.00. The zero-order valence-corrected chi connectivity index (χ0v) is 17.9. The Balaban J connectivity index is 1.86. The second-order valence-corrected chi connectivity index (χ2v) is 10.3. The standard InChI is InChI=1S/C20H23FN2O4S2/c1-14(2)28-18-6-4-3-5-16(18)20(24)22-15-7-8-17(21)19(13-15)29(25,26)23-9-11-27-12-10-23/h3-8,13-14H,9-12H2,1-2H3,(H,22,24). The Hall–Kier alpha value is -1.94. The monoisotopic (exact) mass is 438 g/mol. The third-order valence-electron chi connectivity index (χ3n) is 4.27. The predicted molar refractivity (Wildman–Crippen MR) is 111 cm³/mol. The lowest BCUT2D eigenvalue weighted by molar-refractivity contribution is 0.0729.